The summed E-state index contributed by atoms with van der Waals surface area (Å²) in [4.78, 5) is 1.47. The number of alkyl halides is 2. The fourth-order valence-electron chi connectivity index (χ4n) is 1.08. The monoisotopic (exact) mass is 150 g/mol. The average Bonchev–Trinajstić information content (AvgIpc) is 1.95. The minimum Gasteiger partial charge on any atom is -0.283 e. The third kappa shape index (κ3) is 1.44. The molecule has 0 spiro atoms. The lowest BCUT2D eigenvalue weighted by Gasteiger charge is -2.32. The van der Waals surface area contributed by atoms with E-state index in [1.54, 1.807) is 0 Å². The second-order valence-electron chi connectivity index (χ2n) is 2.36. The fourth-order valence-corrected chi connectivity index (χ4v) is 1.08. The highest BCUT2D eigenvalue weighted by Crippen LogP contribution is 2.10. The Morgan fingerprint density at radius 2 is 2.30 bits per heavy atom. The first-order valence-electron chi connectivity index (χ1n) is 3.51. The molecule has 0 aromatic heterocycles. The van der Waals surface area contributed by atoms with E-state index < -0.39 is 12.6 Å². The largest absolute Gasteiger partial charge is 0.283 e. The normalized spacial score (nSPS) is 36.3. The lowest BCUT2D eigenvalue weighted by Crippen LogP contribution is -2.53. The molecule has 4 heteroatoms. The molecule has 1 saturated heterocycles. The fraction of sp³-hybridized carbons (Fsp3) is 1.00. The summed E-state index contributed by atoms with van der Waals surface area (Å²) in [5.74, 6) is 0. The molecular formula is C6H12F2N2. The summed E-state index contributed by atoms with van der Waals surface area (Å²) in [6, 6.07) is 0. The second-order valence-corrected chi connectivity index (χ2v) is 2.36. The van der Waals surface area contributed by atoms with Crippen LogP contribution < -0.4 is 5.32 Å². The maximum absolute atomic E-state index is 12.7. The predicted octanol–water partition coefficient (Wildman–Crippen LogP) is 0.503. The molecule has 0 radical (unpaired) electrons. The average molecular weight is 150 g/mol. The van der Waals surface area contributed by atoms with Crippen LogP contribution in [0.4, 0.5) is 8.78 Å². The molecule has 2 atom stereocenters. The van der Waals surface area contributed by atoms with Gasteiger partial charge in [0.15, 0.2) is 12.6 Å². The highest BCUT2D eigenvalue weighted by molar-refractivity contribution is 4.74. The van der Waals surface area contributed by atoms with Crippen LogP contribution in [0.15, 0.2) is 0 Å². The van der Waals surface area contributed by atoms with Crippen LogP contribution in [-0.4, -0.2) is 37.1 Å². The van der Waals surface area contributed by atoms with Gasteiger partial charge in [-0.15, -0.1) is 0 Å². The molecular weight excluding hydrogens is 138 g/mol. The number of hydrogen-bond acceptors (Lipinski definition) is 2. The Hall–Kier alpha value is -0.220. The molecule has 0 aliphatic carbocycles. The van der Waals surface area contributed by atoms with E-state index in [0.717, 1.165) is 0 Å². The minimum absolute atomic E-state index is 0.537. The molecule has 0 bridgehead atoms. The van der Waals surface area contributed by atoms with Crippen molar-refractivity contribution in [3.8, 4) is 0 Å². The highest BCUT2D eigenvalue weighted by Gasteiger charge is 2.29. The van der Waals surface area contributed by atoms with E-state index in [0.29, 0.717) is 19.6 Å². The summed E-state index contributed by atoms with van der Waals surface area (Å²) < 4.78 is 25.2. The molecule has 2 nitrogen and oxygen atoms in total. The number of rotatable bonds is 1. The van der Waals surface area contributed by atoms with E-state index in [2.05, 4.69) is 5.32 Å². The maximum atomic E-state index is 12.7. The van der Waals surface area contributed by atoms with Gasteiger partial charge in [0.05, 0.1) is 0 Å². The SMILES string of the molecule is CCN1CCNC(F)C1F. The summed E-state index contributed by atoms with van der Waals surface area (Å²) in [7, 11) is 0. The van der Waals surface area contributed by atoms with Crippen LogP contribution in [-0.2, 0) is 0 Å². The van der Waals surface area contributed by atoms with Gasteiger partial charge in [-0.25, -0.2) is 8.78 Å². The van der Waals surface area contributed by atoms with Gasteiger partial charge >= 0.3 is 0 Å². The van der Waals surface area contributed by atoms with Crippen LogP contribution in [0.3, 0.4) is 0 Å². The molecule has 0 aromatic carbocycles. The molecule has 0 amide bonds. The Bertz CT molecular complexity index is 110. The summed E-state index contributed by atoms with van der Waals surface area (Å²) in [6.07, 6.45) is -2.97. The molecule has 1 fully saturated rings. The van der Waals surface area contributed by atoms with Crippen molar-refractivity contribution in [2.45, 2.75) is 19.5 Å². The van der Waals surface area contributed by atoms with Crippen LogP contribution >= 0.6 is 0 Å². The number of piperazine rings is 1. The van der Waals surface area contributed by atoms with Gasteiger partial charge in [0.25, 0.3) is 0 Å². The second kappa shape index (κ2) is 3.25. The number of halogens is 2. The maximum Gasteiger partial charge on any atom is 0.198 e. The van der Waals surface area contributed by atoms with E-state index in [-0.39, 0.29) is 0 Å². The van der Waals surface area contributed by atoms with Gasteiger partial charge in [0, 0.05) is 13.1 Å². The van der Waals surface area contributed by atoms with Crippen molar-refractivity contribution in [3.05, 3.63) is 0 Å². The number of nitrogens with zero attached hydrogens (tertiary/aromatic N) is 1. The van der Waals surface area contributed by atoms with E-state index in [4.69, 9.17) is 0 Å². The van der Waals surface area contributed by atoms with Gasteiger partial charge in [-0.1, -0.05) is 6.92 Å². The molecule has 60 valence electrons. The van der Waals surface area contributed by atoms with Gasteiger partial charge in [-0.2, -0.15) is 0 Å². The Morgan fingerprint density at radius 1 is 1.60 bits per heavy atom. The zero-order chi connectivity index (χ0) is 7.56. The van der Waals surface area contributed by atoms with E-state index in [1.807, 2.05) is 6.92 Å². The van der Waals surface area contributed by atoms with Crippen molar-refractivity contribution >= 4 is 0 Å². The lowest BCUT2D eigenvalue weighted by molar-refractivity contribution is -0.0249. The lowest BCUT2D eigenvalue weighted by atomic mass is 10.3. The summed E-state index contributed by atoms with van der Waals surface area (Å²) in [6.45, 7) is 3.53. The first-order chi connectivity index (χ1) is 4.75. The van der Waals surface area contributed by atoms with Crippen molar-refractivity contribution in [1.29, 1.82) is 0 Å². The molecule has 1 N–H and O–H groups in total. The van der Waals surface area contributed by atoms with Gasteiger partial charge < -0.3 is 0 Å². The molecule has 0 aromatic rings. The van der Waals surface area contributed by atoms with Crippen LogP contribution in [0.5, 0.6) is 0 Å². The van der Waals surface area contributed by atoms with E-state index in [1.165, 1.54) is 4.90 Å². The first-order valence-corrected chi connectivity index (χ1v) is 3.51. The van der Waals surface area contributed by atoms with Gasteiger partial charge in [-0.3, -0.25) is 10.2 Å². The standard InChI is InChI=1S/C6H12F2N2/c1-2-10-4-3-9-5(7)6(10)8/h5-6,9H,2-4H2,1H3. The number of hydrogen-bond donors (Lipinski definition) is 1. The first kappa shape index (κ1) is 7.88. The molecule has 1 aliphatic heterocycles. The zero-order valence-corrected chi connectivity index (χ0v) is 5.98. The zero-order valence-electron chi connectivity index (χ0n) is 5.98. The van der Waals surface area contributed by atoms with Crippen molar-refractivity contribution in [1.82, 2.24) is 10.2 Å². The van der Waals surface area contributed by atoms with Crippen molar-refractivity contribution in [3.63, 3.8) is 0 Å². The molecule has 1 heterocycles. The predicted molar refractivity (Wildman–Crippen MR) is 35.0 cm³/mol. The van der Waals surface area contributed by atoms with Gasteiger partial charge in [-0.05, 0) is 6.54 Å². The minimum atomic E-state index is -1.51. The summed E-state index contributed by atoms with van der Waals surface area (Å²) in [5.41, 5.74) is 0. The number of likely N-dealkylation sites (N-methyl/N-ethyl adjacent to an activating group) is 1. The smallest absolute Gasteiger partial charge is 0.198 e. The quantitative estimate of drug-likeness (QED) is 0.548. The van der Waals surface area contributed by atoms with Crippen LogP contribution in [0, 0.1) is 0 Å². The van der Waals surface area contributed by atoms with Gasteiger partial charge in [0.2, 0.25) is 0 Å². The Labute approximate surface area is 59.2 Å². The third-order valence-electron chi connectivity index (χ3n) is 1.73. The Balaban J connectivity index is 2.42. The highest BCUT2D eigenvalue weighted by atomic mass is 19.2. The Kier molecular flexibility index (Phi) is 2.56. The van der Waals surface area contributed by atoms with E-state index >= 15 is 0 Å². The summed E-state index contributed by atoms with van der Waals surface area (Å²) in [5, 5.41) is 2.41. The van der Waals surface area contributed by atoms with Gasteiger partial charge in [0.1, 0.15) is 0 Å². The van der Waals surface area contributed by atoms with Crippen molar-refractivity contribution in [2.75, 3.05) is 19.6 Å². The van der Waals surface area contributed by atoms with Crippen LogP contribution in [0.1, 0.15) is 6.92 Å². The van der Waals surface area contributed by atoms with Crippen LogP contribution in [0.25, 0.3) is 0 Å². The topological polar surface area (TPSA) is 15.3 Å². The molecule has 1 aliphatic rings. The Morgan fingerprint density at radius 3 is 2.80 bits per heavy atom. The van der Waals surface area contributed by atoms with E-state index in [9.17, 15) is 8.78 Å². The molecule has 10 heavy (non-hydrogen) atoms. The molecule has 1 rings (SSSR count). The van der Waals surface area contributed by atoms with Crippen LogP contribution in [0.2, 0.25) is 0 Å². The molecule has 0 saturated carbocycles. The van der Waals surface area contributed by atoms with Crippen molar-refractivity contribution < 1.29 is 8.78 Å². The summed E-state index contributed by atoms with van der Waals surface area (Å²) >= 11 is 0. The molecule has 2 unspecified atom stereocenters. The van der Waals surface area contributed by atoms with Crippen molar-refractivity contribution in [2.24, 2.45) is 0 Å². The third-order valence-corrected chi connectivity index (χ3v) is 1.73. The number of nitrogens with one attached hydrogen (secondary N) is 1.